The van der Waals surface area contributed by atoms with Gasteiger partial charge in [0.1, 0.15) is 0 Å². The van der Waals surface area contributed by atoms with Gasteiger partial charge >= 0.3 is 0 Å². The molecule has 2 N–H and O–H groups in total. The van der Waals surface area contributed by atoms with Crippen LogP contribution in [-0.4, -0.2) is 25.6 Å². The lowest BCUT2D eigenvalue weighted by atomic mass is 10.1. The number of thiazole rings is 1. The lowest BCUT2D eigenvalue weighted by molar-refractivity contribution is 0.0823. The van der Waals surface area contributed by atoms with E-state index in [1.54, 1.807) is 13.8 Å². The van der Waals surface area contributed by atoms with Crippen LogP contribution in [0.2, 0.25) is 0 Å². The highest BCUT2D eigenvalue weighted by Gasteiger charge is 2.23. The maximum atomic E-state index is 11.3. The number of sulfonamides is 1. The molecular formula is C7H12N2O3S2. The summed E-state index contributed by atoms with van der Waals surface area (Å²) >= 11 is 0.960. The van der Waals surface area contributed by atoms with Crippen LogP contribution in [0.4, 0.5) is 0 Å². The molecule has 0 aliphatic rings. The topological polar surface area (TPSA) is 79.3 Å². The SMILES string of the molecule is CNS(=O)(=O)c1ncc(C(C)(C)O)s1. The zero-order chi connectivity index (χ0) is 11.0. The highest BCUT2D eigenvalue weighted by molar-refractivity contribution is 7.91. The van der Waals surface area contributed by atoms with Gasteiger partial charge in [0.2, 0.25) is 4.34 Å². The van der Waals surface area contributed by atoms with E-state index in [1.807, 2.05) is 0 Å². The third kappa shape index (κ3) is 2.30. The molecule has 0 fully saturated rings. The first-order valence-corrected chi connectivity index (χ1v) is 6.19. The number of hydrogen-bond acceptors (Lipinski definition) is 5. The monoisotopic (exact) mass is 236 g/mol. The Hall–Kier alpha value is -0.500. The molecule has 0 atom stereocenters. The van der Waals surface area contributed by atoms with Gasteiger partial charge in [-0.25, -0.2) is 18.1 Å². The summed E-state index contributed by atoms with van der Waals surface area (Å²) < 4.78 is 24.7. The Labute approximate surface area is 86.9 Å². The summed E-state index contributed by atoms with van der Waals surface area (Å²) in [5.41, 5.74) is -1.06. The van der Waals surface area contributed by atoms with E-state index in [0.717, 1.165) is 11.3 Å². The van der Waals surface area contributed by atoms with Crippen molar-refractivity contribution < 1.29 is 13.5 Å². The van der Waals surface area contributed by atoms with Gasteiger partial charge in [-0.3, -0.25) is 0 Å². The summed E-state index contributed by atoms with van der Waals surface area (Å²) in [6, 6.07) is 0. The zero-order valence-corrected chi connectivity index (χ0v) is 9.74. The lowest BCUT2D eigenvalue weighted by Gasteiger charge is -2.12. The molecule has 1 heterocycles. The Morgan fingerprint density at radius 3 is 2.50 bits per heavy atom. The second-order valence-corrected chi connectivity index (χ2v) is 6.35. The molecule has 0 bridgehead atoms. The van der Waals surface area contributed by atoms with Gasteiger partial charge in [0, 0.05) is 6.20 Å². The predicted octanol–water partition coefficient (Wildman–Crippen LogP) is 0.279. The summed E-state index contributed by atoms with van der Waals surface area (Å²) in [5.74, 6) is 0. The molecule has 14 heavy (non-hydrogen) atoms. The highest BCUT2D eigenvalue weighted by Crippen LogP contribution is 2.27. The number of hydrogen-bond donors (Lipinski definition) is 2. The van der Waals surface area contributed by atoms with Gasteiger partial charge in [0.25, 0.3) is 10.0 Å². The summed E-state index contributed by atoms with van der Waals surface area (Å²) in [7, 11) is -2.17. The zero-order valence-electron chi connectivity index (χ0n) is 8.10. The lowest BCUT2D eigenvalue weighted by Crippen LogP contribution is -2.18. The fourth-order valence-electron chi connectivity index (χ4n) is 0.753. The summed E-state index contributed by atoms with van der Waals surface area (Å²) in [6.07, 6.45) is 1.37. The molecule has 7 heteroatoms. The molecule has 0 unspecified atom stereocenters. The Morgan fingerprint density at radius 2 is 2.14 bits per heavy atom. The largest absolute Gasteiger partial charge is 0.385 e. The summed E-state index contributed by atoms with van der Waals surface area (Å²) in [4.78, 5) is 4.25. The highest BCUT2D eigenvalue weighted by atomic mass is 32.2. The molecule has 0 aromatic carbocycles. The molecule has 0 spiro atoms. The number of aromatic nitrogens is 1. The van der Waals surface area contributed by atoms with Crippen molar-refractivity contribution in [2.75, 3.05) is 7.05 Å². The van der Waals surface area contributed by atoms with Crippen LogP contribution >= 0.6 is 11.3 Å². The van der Waals surface area contributed by atoms with E-state index in [4.69, 9.17) is 0 Å². The predicted molar refractivity (Wildman–Crippen MR) is 53.6 cm³/mol. The minimum Gasteiger partial charge on any atom is -0.385 e. The Kier molecular flexibility index (Phi) is 2.96. The summed E-state index contributed by atoms with van der Waals surface area (Å²) in [5, 5.41) is 9.60. The smallest absolute Gasteiger partial charge is 0.267 e. The van der Waals surface area contributed by atoms with E-state index in [2.05, 4.69) is 9.71 Å². The van der Waals surface area contributed by atoms with Gasteiger partial charge in [-0.05, 0) is 20.9 Å². The molecule has 0 amide bonds. The Bertz CT molecular complexity index is 416. The molecule has 0 saturated carbocycles. The van der Waals surface area contributed by atoms with Gasteiger partial charge < -0.3 is 5.11 Å². The van der Waals surface area contributed by atoms with Crippen LogP contribution in [0.15, 0.2) is 10.5 Å². The van der Waals surface area contributed by atoms with Crippen molar-refractivity contribution in [3.8, 4) is 0 Å². The fraction of sp³-hybridized carbons (Fsp3) is 0.571. The van der Waals surface area contributed by atoms with Crippen LogP contribution in [0.25, 0.3) is 0 Å². The first-order chi connectivity index (χ1) is 6.27. The van der Waals surface area contributed by atoms with Crippen LogP contribution in [0, 0.1) is 0 Å². The van der Waals surface area contributed by atoms with Crippen LogP contribution in [0.5, 0.6) is 0 Å². The minimum absolute atomic E-state index is 0.0304. The molecule has 5 nitrogen and oxygen atoms in total. The van der Waals surface area contributed by atoms with E-state index in [1.165, 1.54) is 13.2 Å². The number of nitrogens with one attached hydrogen (secondary N) is 1. The molecule has 0 aliphatic carbocycles. The van der Waals surface area contributed by atoms with Gasteiger partial charge in [-0.15, -0.1) is 11.3 Å². The molecule has 0 saturated heterocycles. The summed E-state index contributed by atoms with van der Waals surface area (Å²) in [6.45, 7) is 3.16. The first-order valence-electron chi connectivity index (χ1n) is 3.89. The van der Waals surface area contributed by atoms with E-state index in [-0.39, 0.29) is 4.34 Å². The van der Waals surface area contributed by atoms with Crippen molar-refractivity contribution in [2.45, 2.75) is 23.8 Å². The van der Waals surface area contributed by atoms with Crippen molar-refractivity contribution >= 4 is 21.4 Å². The quantitative estimate of drug-likeness (QED) is 0.790. The molecule has 80 valence electrons. The normalized spacial score (nSPS) is 13.1. The number of nitrogens with zero attached hydrogens (tertiary/aromatic N) is 1. The third-order valence-corrected chi connectivity index (χ3v) is 4.70. The molecular weight excluding hydrogens is 224 g/mol. The molecule has 0 radical (unpaired) electrons. The van der Waals surface area contributed by atoms with Crippen LogP contribution in [0.3, 0.4) is 0 Å². The second-order valence-electron chi connectivity index (χ2n) is 3.26. The second kappa shape index (κ2) is 3.58. The van der Waals surface area contributed by atoms with Crippen molar-refractivity contribution in [2.24, 2.45) is 0 Å². The third-order valence-electron chi connectivity index (χ3n) is 1.59. The first kappa shape index (κ1) is 11.6. The van der Waals surface area contributed by atoms with Crippen LogP contribution in [0.1, 0.15) is 18.7 Å². The molecule has 1 aromatic heterocycles. The van der Waals surface area contributed by atoms with Crippen LogP contribution in [-0.2, 0) is 15.6 Å². The Morgan fingerprint density at radius 1 is 1.57 bits per heavy atom. The molecule has 1 aromatic rings. The standard InChI is InChI=1S/C7H12N2O3S2/c1-7(2,10)5-4-9-6(13-5)14(11,12)8-3/h4,8,10H,1-3H3. The van der Waals surface area contributed by atoms with Gasteiger partial charge in [-0.1, -0.05) is 0 Å². The number of rotatable bonds is 3. The Balaban J connectivity index is 3.13. The maximum absolute atomic E-state index is 11.3. The van der Waals surface area contributed by atoms with E-state index < -0.39 is 15.6 Å². The van der Waals surface area contributed by atoms with Crippen LogP contribution < -0.4 is 4.72 Å². The number of aliphatic hydroxyl groups is 1. The van der Waals surface area contributed by atoms with E-state index in [0.29, 0.717) is 4.88 Å². The van der Waals surface area contributed by atoms with E-state index in [9.17, 15) is 13.5 Å². The average Bonchev–Trinajstić information content (AvgIpc) is 2.51. The van der Waals surface area contributed by atoms with Crippen molar-refractivity contribution in [3.63, 3.8) is 0 Å². The average molecular weight is 236 g/mol. The fourth-order valence-corrected chi connectivity index (χ4v) is 2.73. The van der Waals surface area contributed by atoms with Crippen molar-refractivity contribution in [1.29, 1.82) is 0 Å². The van der Waals surface area contributed by atoms with Crippen molar-refractivity contribution in [1.82, 2.24) is 9.71 Å². The molecule has 0 aliphatic heterocycles. The minimum atomic E-state index is -3.49. The molecule has 1 rings (SSSR count). The van der Waals surface area contributed by atoms with Gasteiger partial charge in [0.15, 0.2) is 0 Å². The van der Waals surface area contributed by atoms with Gasteiger partial charge in [-0.2, -0.15) is 0 Å². The maximum Gasteiger partial charge on any atom is 0.267 e. The van der Waals surface area contributed by atoms with Gasteiger partial charge in [0.05, 0.1) is 10.5 Å². The van der Waals surface area contributed by atoms with Crippen molar-refractivity contribution in [3.05, 3.63) is 11.1 Å². The van der Waals surface area contributed by atoms with E-state index >= 15 is 0 Å².